The van der Waals surface area contributed by atoms with E-state index in [0.717, 1.165) is 22.3 Å². The van der Waals surface area contributed by atoms with Crippen LogP contribution in [-0.4, -0.2) is 11.1 Å². The minimum atomic E-state index is -0.913. The minimum Gasteiger partial charge on any atom is -0.478 e. The Labute approximate surface area is 113 Å². The first-order valence-electron chi connectivity index (χ1n) is 6.15. The lowest BCUT2D eigenvalue weighted by molar-refractivity contribution is -0.130. The molecule has 19 heavy (non-hydrogen) atoms. The number of carbonyl (C=O) groups is 1. The van der Waals surface area contributed by atoms with Gasteiger partial charge in [-0.25, -0.2) is 4.79 Å². The number of carboxylic acid groups (broad SMARTS) is 1. The Hall–Kier alpha value is -2.35. The standard InChI is InChI=1S/C17H16O2/c1-12-3-7-14(8-4-12)11-16(17(18)19)15-9-5-13(2)6-10-15/h3-11H,1-2H3,(H,18,19)/b16-11-. The van der Waals surface area contributed by atoms with Crippen LogP contribution in [0.4, 0.5) is 0 Å². The van der Waals surface area contributed by atoms with Crippen molar-refractivity contribution in [1.82, 2.24) is 0 Å². The zero-order valence-electron chi connectivity index (χ0n) is 11.1. The number of aryl methyl sites for hydroxylation is 2. The van der Waals surface area contributed by atoms with E-state index >= 15 is 0 Å². The van der Waals surface area contributed by atoms with Crippen molar-refractivity contribution >= 4 is 17.6 Å². The van der Waals surface area contributed by atoms with Crippen LogP contribution >= 0.6 is 0 Å². The van der Waals surface area contributed by atoms with E-state index in [4.69, 9.17) is 0 Å². The van der Waals surface area contributed by atoms with Gasteiger partial charge in [-0.1, -0.05) is 59.7 Å². The Morgan fingerprint density at radius 2 is 1.37 bits per heavy atom. The Morgan fingerprint density at radius 3 is 1.84 bits per heavy atom. The molecule has 0 aliphatic rings. The highest BCUT2D eigenvalue weighted by Crippen LogP contribution is 2.19. The Balaban J connectivity index is 2.43. The largest absolute Gasteiger partial charge is 0.478 e. The average Bonchev–Trinajstić information content (AvgIpc) is 2.39. The first-order chi connectivity index (χ1) is 9.06. The third kappa shape index (κ3) is 3.32. The molecule has 96 valence electrons. The van der Waals surface area contributed by atoms with E-state index in [1.165, 1.54) is 0 Å². The molecule has 0 bridgehead atoms. The number of hydrogen-bond donors (Lipinski definition) is 1. The molecule has 0 aromatic heterocycles. The first-order valence-corrected chi connectivity index (χ1v) is 6.15. The van der Waals surface area contributed by atoms with Gasteiger partial charge in [0.2, 0.25) is 0 Å². The van der Waals surface area contributed by atoms with Gasteiger partial charge < -0.3 is 5.11 Å². The zero-order valence-corrected chi connectivity index (χ0v) is 11.1. The van der Waals surface area contributed by atoms with Gasteiger partial charge in [-0.2, -0.15) is 0 Å². The van der Waals surface area contributed by atoms with E-state index in [1.54, 1.807) is 6.08 Å². The predicted octanol–water partition coefficient (Wildman–Crippen LogP) is 3.93. The molecule has 0 spiro atoms. The summed E-state index contributed by atoms with van der Waals surface area (Å²) in [7, 11) is 0. The van der Waals surface area contributed by atoms with Crippen LogP contribution in [0.2, 0.25) is 0 Å². The van der Waals surface area contributed by atoms with E-state index in [2.05, 4.69) is 0 Å². The third-order valence-corrected chi connectivity index (χ3v) is 2.98. The summed E-state index contributed by atoms with van der Waals surface area (Å²) in [6.45, 7) is 3.99. The molecule has 0 radical (unpaired) electrons. The van der Waals surface area contributed by atoms with Crippen LogP contribution in [0.1, 0.15) is 22.3 Å². The van der Waals surface area contributed by atoms with Crippen LogP contribution in [0.5, 0.6) is 0 Å². The quantitative estimate of drug-likeness (QED) is 0.664. The molecule has 0 saturated heterocycles. The van der Waals surface area contributed by atoms with Gasteiger partial charge in [0.15, 0.2) is 0 Å². The molecule has 0 aliphatic carbocycles. The zero-order chi connectivity index (χ0) is 13.8. The van der Waals surface area contributed by atoms with Crippen molar-refractivity contribution in [3.8, 4) is 0 Å². The van der Waals surface area contributed by atoms with Gasteiger partial charge >= 0.3 is 5.97 Å². The highest BCUT2D eigenvalue weighted by Gasteiger charge is 2.09. The fourth-order valence-electron chi connectivity index (χ4n) is 1.83. The van der Waals surface area contributed by atoms with Crippen molar-refractivity contribution in [2.75, 3.05) is 0 Å². The van der Waals surface area contributed by atoms with E-state index in [1.807, 2.05) is 62.4 Å². The van der Waals surface area contributed by atoms with Gasteiger partial charge in [0.25, 0.3) is 0 Å². The second-order valence-corrected chi connectivity index (χ2v) is 4.64. The van der Waals surface area contributed by atoms with E-state index < -0.39 is 5.97 Å². The molecule has 0 unspecified atom stereocenters. The van der Waals surface area contributed by atoms with Crippen molar-refractivity contribution in [3.05, 3.63) is 70.8 Å². The number of aliphatic carboxylic acids is 1. The lowest BCUT2D eigenvalue weighted by Gasteiger charge is -2.04. The molecule has 0 amide bonds. The summed E-state index contributed by atoms with van der Waals surface area (Å²) in [5.41, 5.74) is 4.19. The van der Waals surface area contributed by atoms with Crippen LogP contribution in [-0.2, 0) is 4.79 Å². The summed E-state index contributed by atoms with van der Waals surface area (Å²) >= 11 is 0. The molecule has 0 heterocycles. The molecular weight excluding hydrogens is 236 g/mol. The van der Waals surface area contributed by atoms with Gasteiger partial charge in [0.1, 0.15) is 0 Å². The van der Waals surface area contributed by atoms with E-state index in [9.17, 15) is 9.90 Å². The van der Waals surface area contributed by atoms with Crippen LogP contribution in [0, 0.1) is 13.8 Å². The number of benzene rings is 2. The molecule has 2 nitrogen and oxygen atoms in total. The molecule has 0 fully saturated rings. The molecule has 1 N–H and O–H groups in total. The fourth-order valence-corrected chi connectivity index (χ4v) is 1.83. The monoisotopic (exact) mass is 252 g/mol. The normalized spacial score (nSPS) is 11.4. The summed E-state index contributed by atoms with van der Waals surface area (Å²) in [4.78, 5) is 11.4. The maximum atomic E-state index is 11.4. The predicted molar refractivity (Wildman–Crippen MR) is 77.9 cm³/mol. The maximum Gasteiger partial charge on any atom is 0.336 e. The van der Waals surface area contributed by atoms with Crippen molar-refractivity contribution < 1.29 is 9.90 Å². The lowest BCUT2D eigenvalue weighted by Crippen LogP contribution is -1.99. The van der Waals surface area contributed by atoms with Gasteiger partial charge in [-0.3, -0.25) is 0 Å². The molecule has 2 rings (SSSR count). The maximum absolute atomic E-state index is 11.4. The number of hydrogen-bond acceptors (Lipinski definition) is 1. The molecule has 2 aromatic rings. The minimum absolute atomic E-state index is 0.309. The van der Waals surface area contributed by atoms with E-state index in [0.29, 0.717) is 5.57 Å². The Morgan fingerprint density at radius 1 is 0.895 bits per heavy atom. The van der Waals surface area contributed by atoms with Crippen LogP contribution in [0.25, 0.3) is 11.6 Å². The highest BCUT2D eigenvalue weighted by molar-refractivity contribution is 6.20. The van der Waals surface area contributed by atoms with E-state index in [-0.39, 0.29) is 0 Å². The summed E-state index contributed by atoms with van der Waals surface area (Å²) in [6, 6.07) is 15.3. The second-order valence-electron chi connectivity index (χ2n) is 4.64. The molecule has 0 aliphatic heterocycles. The van der Waals surface area contributed by atoms with Gasteiger partial charge in [0.05, 0.1) is 5.57 Å². The van der Waals surface area contributed by atoms with Crippen molar-refractivity contribution in [2.24, 2.45) is 0 Å². The Bertz CT molecular complexity index is 605. The molecule has 2 heteroatoms. The summed E-state index contributed by atoms with van der Waals surface area (Å²) in [6.07, 6.45) is 1.70. The molecule has 0 atom stereocenters. The topological polar surface area (TPSA) is 37.3 Å². The van der Waals surface area contributed by atoms with Gasteiger partial charge in [-0.15, -0.1) is 0 Å². The molecule has 2 aromatic carbocycles. The van der Waals surface area contributed by atoms with Crippen LogP contribution in [0.15, 0.2) is 48.5 Å². The fraction of sp³-hybridized carbons (Fsp3) is 0.118. The first kappa shape index (κ1) is 13.1. The number of rotatable bonds is 3. The highest BCUT2D eigenvalue weighted by atomic mass is 16.4. The summed E-state index contributed by atoms with van der Waals surface area (Å²) in [5.74, 6) is -0.913. The lowest BCUT2D eigenvalue weighted by atomic mass is 10.0. The van der Waals surface area contributed by atoms with Crippen molar-refractivity contribution in [3.63, 3.8) is 0 Å². The third-order valence-electron chi connectivity index (χ3n) is 2.98. The molecule has 0 saturated carbocycles. The summed E-state index contributed by atoms with van der Waals surface area (Å²) < 4.78 is 0. The van der Waals surface area contributed by atoms with Crippen molar-refractivity contribution in [2.45, 2.75) is 13.8 Å². The molecular formula is C17H16O2. The smallest absolute Gasteiger partial charge is 0.336 e. The Kier molecular flexibility index (Phi) is 3.81. The number of carboxylic acids is 1. The van der Waals surface area contributed by atoms with Gasteiger partial charge in [0, 0.05) is 0 Å². The van der Waals surface area contributed by atoms with Gasteiger partial charge in [-0.05, 0) is 31.1 Å². The average molecular weight is 252 g/mol. The second kappa shape index (κ2) is 5.53. The van der Waals surface area contributed by atoms with Crippen LogP contribution < -0.4 is 0 Å². The van der Waals surface area contributed by atoms with Crippen LogP contribution in [0.3, 0.4) is 0 Å². The SMILES string of the molecule is Cc1ccc(/C=C(\C(=O)O)c2ccc(C)cc2)cc1. The van der Waals surface area contributed by atoms with Crippen molar-refractivity contribution in [1.29, 1.82) is 0 Å². The summed E-state index contributed by atoms with van der Waals surface area (Å²) in [5, 5.41) is 9.34.